The highest BCUT2D eigenvalue weighted by Crippen LogP contribution is 2.17. The SMILES string of the molecule is C[C@H](c1ccc[nH]1)N1CCNCC1.Cl.Cl. The highest BCUT2D eigenvalue weighted by Gasteiger charge is 2.17. The van der Waals surface area contributed by atoms with Crippen molar-refractivity contribution in [1.29, 1.82) is 0 Å². The largest absolute Gasteiger partial charge is 0.364 e. The second kappa shape index (κ2) is 7.12. The first kappa shape index (κ1) is 14.8. The van der Waals surface area contributed by atoms with Gasteiger partial charge < -0.3 is 10.3 Å². The van der Waals surface area contributed by atoms with Gasteiger partial charge in [-0.2, -0.15) is 0 Å². The summed E-state index contributed by atoms with van der Waals surface area (Å²) in [4.78, 5) is 5.77. The molecule has 1 aromatic rings. The molecule has 1 aliphatic rings. The van der Waals surface area contributed by atoms with Crippen LogP contribution in [0.25, 0.3) is 0 Å². The van der Waals surface area contributed by atoms with Gasteiger partial charge in [-0.05, 0) is 19.1 Å². The molecule has 0 spiro atoms. The van der Waals surface area contributed by atoms with Crippen molar-refractivity contribution in [3.63, 3.8) is 0 Å². The summed E-state index contributed by atoms with van der Waals surface area (Å²) < 4.78 is 0. The van der Waals surface area contributed by atoms with E-state index < -0.39 is 0 Å². The standard InChI is InChI=1S/C10H17N3.2ClH/c1-9(10-3-2-4-12-10)13-7-5-11-6-8-13;;/h2-4,9,11-12H,5-8H2,1H3;2*1H/t9-;;/m1../s1. The summed E-state index contributed by atoms with van der Waals surface area (Å²) in [7, 11) is 0. The van der Waals surface area contributed by atoms with E-state index in [0.717, 1.165) is 26.2 Å². The van der Waals surface area contributed by atoms with Crippen molar-refractivity contribution in [3.05, 3.63) is 24.0 Å². The average Bonchev–Trinajstić information content (AvgIpc) is 2.71. The number of piperazine rings is 1. The number of H-pyrrole nitrogens is 1. The van der Waals surface area contributed by atoms with Gasteiger partial charge in [0.2, 0.25) is 0 Å². The number of nitrogens with zero attached hydrogens (tertiary/aromatic N) is 1. The Kier molecular flexibility index (Phi) is 7.02. The Morgan fingerprint density at radius 2 is 1.93 bits per heavy atom. The third-order valence-electron chi connectivity index (χ3n) is 2.77. The summed E-state index contributed by atoms with van der Waals surface area (Å²) in [6.07, 6.45) is 1.99. The lowest BCUT2D eigenvalue weighted by atomic mass is 10.2. The summed E-state index contributed by atoms with van der Waals surface area (Å²) in [6, 6.07) is 4.75. The van der Waals surface area contributed by atoms with Gasteiger partial charge in [0, 0.05) is 44.1 Å². The molecule has 1 aromatic heterocycles. The van der Waals surface area contributed by atoms with Crippen LogP contribution in [0.1, 0.15) is 18.7 Å². The van der Waals surface area contributed by atoms with Crippen LogP contribution in [-0.4, -0.2) is 36.1 Å². The number of rotatable bonds is 2. The first-order chi connectivity index (χ1) is 6.38. The zero-order valence-corrected chi connectivity index (χ0v) is 10.5. The quantitative estimate of drug-likeness (QED) is 0.841. The first-order valence-corrected chi connectivity index (χ1v) is 4.96. The van der Waals surface area contributed by atoms with Crippen LogP contribution in [0.2, 0.25) is 0 Å². The second-order valence-corrected chi connectivity index (χ2v) is 3.59. The summed E-state index contributed by atoms with van der Waals surface area (Å²) in [6.45, 7) is 6.80. The predicted octanol–water partition coefficient (Wildman–Crippen LogP) is 1.82. The smallest absolute Gasteiger partial charge is 0.0471 e. The van der Waals surface area contributed by atoms with E-state index in [2.05, 4.69) is 34.3 Å². The van der Waals surface area contributed by atoms with Crippen LogP contribution in [0.15, 0.2) is 18.3 Å². The van der Waals surface area contributed by atoms with Gasteiger partial charge in [-0.15, -0.1) is 24.8 Å². The molecule has 5 heteroatoms. The lowest BCUT2D eigenvalue weighted by Crippen LogP contribution is -2.44. The Balaban J connectivity index is 0.000000980. The molecular formula is C10H19Cl2N3. The normalized spacial score (nSPS) is 18.7. The van der Waals surface area contributed by atoms with Gasteiger partial charge in [-0.25, -0.2) is 0 Å². The molecule has 2 heterocycles. The van der Waals surface area contributed by atoms with Crippen LogP contribution in [0, 0.1) is 0 Å². The molecule has 15 heavy (non-hydrogen) atoms. The molecule has 0 saturated carbocycles. The van der Waals surface area contributed by atoms with Gasteiger partial charge in [0.15, 0.2) is 0 Å². The maximum Gasteiger partial charge on any atom is 0.0471 e. The Morgan fingerprint density at radius 1 is 1.27 bits per heavy atom. The monoisotopic (exact) mass is 251 g/mol. The molecule has 0 aliphatic carbocycles. The number of aromatic amines is 1. The first-order valence-electron chi connectivity index (χ1n) is 4.96. The summed E-state index contributed by atoms with van der Waals surface area (Å²) in [5, 5.41) is 3.36. The highest BCUT2D eigenvalue weighted by molar-refractivity contribution is 5.85. The lowest BCUT2D eigenvalue weighted by molar-refractivity contribution is 0.183. The minimum absolute atomic E-state index is 0. The molecule has 3 nitrogen and oxygen atoms in total. The molecular weight excluding hydrogens is 233 g/mol. The summed E-state index contributed by atoms with van der Waals surface area (Å²) in [5.41, 5.74) is 1.32. The van der Waals surface area contributed by atoms with Crippen LogP contribution >= 0.6 is 24.8 Å². The van der Waals surface area contributed by atoms with E-state index in [1.165, 1.54) is 5.69 Å². The van der Waals surface area contributed by atoms with Gasteiger partial charge in [-0.1, -0.05) is 0 Å². The van der Waals surface area contributed by atoms with Crippen molar-refractivity contribution in [3.8, 4) is 0 Å². The number of nitrogens with one attached hydrogen (secondary N) is 2. The molecule has 1 fully saturated rings. The van der Waals surface area contributed by atoms with Crippen molar-refractivity contribution in [2.24, 2.45) is 0 Å². The zero-order valence-electron chi connectivity index (χ0n) is 8.90. The van der Waals surface area contributed by atoms with Crippen LogP contribution in [0.4, 0.5) is 0 Å². The van der Waals surface area contributed by atoms with Gasteiger partial charge in [0.05, 0.1) is 0 Å². The fourth-order valence-corrected chi connectivity index (χ4v) is 1.87. The van der Waals surface area contributed by atoms with E-state index in [1.807, 2.05) is 6.20 Å². The molecule has 1 atom stereocenters. The highest BCUT2D eigenvalue weighted by atomic mass is 35.5. The van der Waals surface area contributed by atoms with Crippen molar-refractivity contribution in [2.75, 3.05) is 26.2 Å². The van der Waals surface area contributed by atoms with Crippen molar-refractivity contribution >= 4 is 24.8 Å². The maximum absolute atomic E-state index is 3.36. The minimum Gasteiger partial charge on any atom is -0.364 e. The van der Waals surface area contributed by atoms with Gasteiger partial charge in [-0.3, -0.25) is 4.90 Å². The van der Waals surface area contributed by atoms with E-state index in [9.17, 15) is 0 Å². The van der Waals surface area contributed by atoms with Crippen LogP contribution in [-0.2, 0) is 0 Å². The van der Waals surface area contributed by atoms with E-state index in [4.69, 9.17) is 0 Å². The number of hydrogen-bond donors (Lipinski definition) is 2. The molecule has 1 aliphatic heterocycles. The molecule has 0 bridgehead atoms. The van der Waals surface area contributed by atoms with Gasteiger partial charge in [0.25, 0.3) is 0 Å². The van der Waals surface area contributed by atoms with Crippen LogP contribution < -0.4 is 5.32 Å². The Morgan fingerprint density at radius 3 is 2.47 bits per heavy atom. The van der Waals surface area contributed by atoms with Gasteiger partial charge >= 0.3 is 0 Å². The molecule has 2 rings (SSSR count). The molecule has 1 saturated heterocycles. The third kappa shape index (κ3) is 3.68. The molecule has 0 aromatic carbocycles. The fourth-order valence-electron chi connectivity index (χ4n) is 1.87. The molecule has 0 amide bonds. The van der Waals surface area contributed by atoms with Gasteiger partial charge in [0.1, 0.15) is 0 Å². The Bertz CT molecular complexity index is 245. The molecule has 0 unspecified atom stereocenters. The fraction of sp³-hybridized carbons (Fsp3) is 0.600. The second-order valence-electron chi connectivity index (χ2n) is 3.59. The number of hydrogen-bond acceptors (Lipinski definition) is 2. The number of halogens is 2. The number of aromatic nitrogens is 1. The maximum atomic E-state index is 3.36. The molecule has 2 N–H and O–H groups in total. The topological polar surface area (TPSA) is 31.1 Å². The van der Waals surface area contributed by atoms with Crippen molar-refractivity contribution < 1.29 is 0 Å². The van der Waals surface area contributed by atoms with E-state index in [-0.39, 0.29) is 24.8 Å². The van der Waals surface area contributed by atoms with Crippen LogP contribution in [0.5, 0.6) is 0 Å². The van der Waals surface area contributed by atoms with Crippen molar-refractivity contribution in [1.82, 2.24) is 15.2 Å². The Labute approximate surface area is 103 Å². The zero-order chi connectivity index (χ0) is 9.10. The average molecular weight is 252 g/mol. The van der Waals surface area contributed by atoms with E-state index in [1.54, 1.807) is 0 Å². The van der Waals surface area contributed by atoms with Crippen LogP contribution in [0.3, 0.4) is 0 Å². The minimum atomic E-state index is 0. The Hall–Kier alpha value is -0.220. The predicted molar refractivity (Wildman–Crippen MR) is 68.1 cm³/mol. The lowest BCUT2D eigenvalue weighted by Gasteiger charge is -2.32. The summed E-state index contributed by atoms with van der Waals surface area (Å²) >= 11 is 0. The molecule has 0 radical (unpaired) electrons. The van der Waals surface area contributed by atoms with Crippen molar-refractivity contribution in [2.45, 2.75) is 13.0 Å². The summed E-state index contributed by atoms with van der Waals surface area (Å²) in [5.74, 6) is 0. The van der Waals surface area contributed by atoms with E-state index >= 15 is 0 Å². The van der Waals surface area contributed by atoms with E-state index in [0.29, 0.717) is 6.04 Å². The molecule has 88 valence electrons. The third-order valence-corrected chi connectivity index (χ3v) is 2.77.